The van der Waals surface area contributed by atoms with Gasteiger partial charge >= 0.3 is 0 Å². The molecule has 0 aromatic heterocycles. The molecule has 0 unspecified atom stereocenters. The number of aliphatic hydroxyl groups is 1. The van der Waals surface area contributed by atoms with Gasteiger partial charge < -0.3 is 5.11 Å². The van der Waals surface area contributed by atoms with E-state index in [1.165, 1.54) is 30.4 Å². The van der Waals surface area contributed by atoms with Gasteiger partial charge in [-0.15, -0.1) is 0 Å². The van der Waals surface area contributed by atoms with Crippen LogP contribution in [0.15, 0.2) is 23.3 Å². The molecule has 106 valence electrons. The normalized spacial score (nSPS) is 16.8. The average molecular weight is 252 g/mol. The summed E-state index contributed by atoms with van der Waals surface area (Å²) < 4.78 is 0. The fourth-order valence-electron chi connectivity index (χ4n) is 1.90. The number of allylic oxidation sites excluding steroid dienone is 4. The fourth-order valence-corrected chi connectivity index (χ4v) is 1.90. The molecule has 0 aliphatic carbocycles. The molecule has 18 heavy (non-hydrogen) atoms. The summed E-state index contributed by atoms with van der Waals surface area (Å²) >= 11 is 0. The van der Waals surface area contributed by atoms with Gasteiger partial charge in [0.25, 0.3) is 0 Å². The molecule has 0 spiro atoms. The van der Waals surface area contributed by atoms with Crippen molar-refractivity contribution in [1.29, 1.82) is 0 Å². The number of hydrogen-bond donors (Lipinski definition) is 1. The Hall–Kier alpha value is -0.560. The highest BCUT2D eigenvalue weighted by Crippen LogP contribution is 2.20. The Morgan fingerprint density at radius 2 is 1.72 bits per heavy atom. The largest absolute Gasteiger partial charge is 0.396 e. The molecule has 0 rings (SSSR count). The summed E-state index contributed by atoms with van der Waals surface area (Å²) in [5.41, 5.74) is 2.99. The van der Waals surface area contributed by atoms with E-state index in [2.05, 4.69) is 46.8 Å². The third-order valence-corrected chi connectivity index (χ3v) is 3.98. The molecule has 0 saturated heterocycles. The van der Waals surface area contributed by atoms with E-state index in [1.54, 1.807) is 0 Å². The summed E-state index contributed by atoms with van der Waals surface area (Å²) in [4.78, 5) is 0. The minimum atomic E-state index is 0.315. The van der Waals surface area contributed by atoms with Crippen LogP contribution in [0.3, 0.4) is 0 Å². The second-order valence-electron chi connectivity index (χ2n) is 5.70. The molecule has 0 radical (unpaired) electrons. The monoisotopic (exact) mass is 252 g/mol. The van der Waals surface area contributed by atoms with Gasteiger partial charge in [-0.3, -0.25) is 0 Å². The van der Waals surface area contributed by atoms with Crippen LogP contribution in [0.25, 0.3) is 0 Å². The van der Waals surface area contributed by atoms with Crippen LogP contribution in [-0.2, 0) is 0 Å². The van der Waals surface area contributed by atoms with Crippen LogP contribution < -0.4 is 0 Å². The summed E-state index contributed by atoms with van der Waals surface area (Å²) in [6.45, 7) is 11.5. The van der Waals surface area contributed by atoms with Crippen LogP contribution in [0, 0.1) is 11.8 Å². The van der Waals surface area contributed by atoms with Gasteiger partial charge in [0.05, 0.1) is 0 Å². The van der Waals surface area contributed by atoms with Crippen molar-refractivity contribution in [3.63, 3.8) is 0 Å². The zero-order chi connectivity index (χ0) is 14.0. The molecular formula is C17H32O. The highest BCUT2D eigenvalue weighted by atomic mass is 16.3. The Bertz CT molecular complexity index is 263. The Balaban J connectivity index is 3.96. The van der Waals surface area contributed by atoms with Crippen molar-refractivity contribution < 1.29 is 5.11 Å². The molecule has 0 aromatic rings. The van der Waals surface area contributed by atoms with Gasteiger partial charge in [0, 0.05) is 6.61 Å². The van der Waals surface area contributed by atoms with E-state index in [-0.39, 0.29) is 0 Å². The topological polar surface area (TPSA) is 20.2 Å². The van der Waals surface area contributed by atoms with Gasteiger partial charge in [-0.2, -0.15) is 0 Å². The Labute approximate surface area is 114 Å². The second-order valence-corrected chi connectivity index (χ2v) is 5.70. The highest BCUT2D eigenvalue weighted by Gasteiger charge is 2.09. The van der Waals surface area contributed by atoms with Crippen LogP contribution in [0.2, 0.25) is 0 Å². The summed E-state index contributed by atoms with van der Waals surface area (Å²) in [6, 6.07) is 0. The molecule has 0 aromatic carbocycles. The quantitative estimate of drug-likeness (QED) is 0.565. The van der Waals surface area contributed by atoms with Crippen molar-refractivity contribution in [2.24, 2.45) is 11.8 Å². The van der Waals surface area contributed by atoms with Gasteiger partial charge in [-0.25, -0.2) is 0 Å². The zero-order valence-corrected chi connectivity index (χ0v) is 13.0. The van der Waals surface area contributed by atoms with E-state index in [4.69, 9.17) is 5.11 Å². The first-order chi connectivity index (χ1) is 8.51. The van der Waals surface area contributed by atoms with Crippen molar-refractivity contribution in [1.82, 2.24) is 0 Å². The zero-order valence-electron chi connectivity index (χ0n) is 13.0. The van der Waals surface area contributed by atoms with Gasteiger partial charge in [0.15, 0.2) is 0 Å². The van der Waals surface area contributed by atoms with Crippen molar-refractivity contribution in [3.8, 4) is 0 Å². The lowest BCUT2D eigenvalue weighted by atomic mass is 9.89. The van der Waals surface area contributed by atoms with Crippen LogP contribution in [-0.4, -0.2) is 11.7 Å². The molecule has 0 heterocycles. The minimum absolute atomic E-state index is 0.315. The molecule has 1 N–H and O–H groups in total. The van der Waals surface area contributed by atoms with Crippen molar-refractivity contribution >= 4 is 0 Å². The number of aliphatic hydroxyl groups excluding tert-OH is 1. The summed E-state index contributed by atoms with van der Waals surface area (Å²) in [6.07, 6.45) is 10.3. The first kappa shape index (κ1) is 17.4. The van der Waals surface area contributed by atoms with Gasteiger partial charge in [0.1, 0.15) is 0 Å². The molecule has 0 aliphatic heterocycles. The summed E-state index contributed by atoms with van der Waals surface area (Å²) in [5.74, 6) is 1.28. The maximum absolute atomic E-state index is 8.93. The first-order valence-electron chi connectivity index (χ1n) is 7.43. The molecule has 0 aliphatic rings. The van der Waals surface area contributed by atoms with E-state index in [0.717, 1.165) is 12.8 Å². The van der Waals surface area contributed by atoms with E-state index < -0.39 is 0 Å². The van der Waals surface area contributed by atoms with Gasteiger partial charge in [-0.1, -0.05) is 44.1 Å². The first-order valence-corrected chi connectivity index (χ1v) is 7.43. The van der Waals surface area contributed by atoms with Crippen LogP contribution >= 0.6 is 0 Å². The van der Waals surface area contributed by atoms with Gasteiger partial charge in [0.2, 0.25) is 0 Å². The molecule has 0 amide bonds. The Morgan fingerprint density at radius 3 is 2.28 bits per heavy atom. The third kappa shape index (κ3) is 8.52. The van der Waals surface area contributed by atoms with Crippen LogP contribution in [0.5, 0.6) is 0 Å². The standard InChI is InChI=1S/C17H32O/c1-6-14(2)8-7-9-15(3)10-11-16(4)17(5)12-13-18/h8,10,16-18H,6-7,9,11-13H2,1-5H3/b14-8-,15-10+/t16-,17+/m1/s1. The number of hydrogen-bond acceptors (Lipinski definition) is 1. The second kappa shape index (κ2) is 10.4. The van der Waals surface area contributed by atoms with E-state index in [9.17, 15) is 0 Å². The molecule has 1 nitrogen and oxygen atoms in total. The van der Waals surface area contributed by atoms with Gasteiger partial charge in [-0.05, 0) is 57.8 Å². The fraction of sp³-hybridized carbons (Fsp3) is 0.765. The summed E-state index contributed by atoms with van der Waals surface area (Å²) in [5, 5.41) is 8.93. The minimum Gasteiger partial charge on any atom is -0.396 e. The average Bonchev–Trinajstić information content (AvgIpc) is 2.35. The lowest BCUT2D eigenvalue weighted by Crippen LogP contribution is -2.08. The highest BCUT2D eigenvalue weighted by molar-refractivity contribution is 5.03. The maximum Gasteiger partial charge on any atom is 0.0433 e. The van der Waals surface area contributed by atoms with Crippen molar-refractivity contribution in [2.45, 2.75) is 66.7 Å². The molecular weight excluding hydrogens is 220 g/mol. The van der Waals surface area contributed by atoms with E-state index in [0.29, 0.717) is 18.4 Å². The third-order valence-electron chi connectivity index (χ3n) is 3.98. The molecule has 2 atom stereocenters. The Kier molecular flexibility index (Phi) is 10.0. The van der Waals surface area contributed by atoms with Crippen molar-refractivity contribution in [2.75, 3.05) is 6.61 Å². The lowest BCUT2D eigenvalue weighted by molar-refractivity contribution is 0.235. The van der Waals surface area contributed by atoms with Crippen LogP contribution in [0.1, 0.15) is 66.7 Å². The molecule has 0 saturated carbocycles. The van der Waals surface area contributed by atoms with Crippen molar-refractivity contribution in [3.05, 3.63) is 23.3 Å². The lowest BCUT2D eigenvalue weighted by Gasteiger charge is -2.17. The van der Waals surface area contributed by atoms with Crippen LogP contribution in [0.4, 0.5) is 0 Å². The van der Waals surface area contributed by atoms with E-state index >= 15 is 0 Å². The smallest absolute Gasteiger partial charge is 0.0433 e. The number of rotatable bonds is 9. The molecule has 0 fully saturated rings. The summed E-state index contributed by atoms with van der Waals surface area (Å²) in [7, 11) is 0. The predicted molar refractivity (Wildman–Crippen MR) is 81.7 cm³/mol. The Morgan fingerprint density at radius 1 is 1.06 bits per heavy atom. The molecule has 0 bridgehead atoms. The predicted octanol–water partition coefficient (Wildman–Crippen LogP) is 5.11. The maximum atomic E-state index is 8.93. The molecule has 1 heteroatoms. The SMILES string of the molecule is CC/C(C)=C\CC/C(C)=C/C[C@@H](C)[C@@H](C)CCO. The van der Waals surface area contributed by atoms with E-state index in [1.807, 2.05) is 0 Å².